The zero-order valence-corrected chi connectivity index (χ0v) is 15.3. The van der Waals surface area contributed by atoms with Gasteiger partial charge < -0.3 is 9.64 Å². The zero-order chi connectivity index (χ0) is 17.2. The number of rotatable bonds is 9. The molecule has 1 atom stereocenters. The fourth-order valence-electron chi connectivity index (χ4n) is 3.65. The fraction of sp³-hybridized carbons (Fsp3) is 0.895. The van der Waals surface area contributed by atoms with E-state index in [4.69, 9.17) is 4.74 Å². The molecule has 0 aromatic heterocycles. The van der Waals surface area contributed by atoms with Crippen LogP contribution in [0.1, 0.15) is 71.1 Å². The van der Waals surface area contributed by atoms with Crippen molar-refractivity contribution < 1.29 is 14.3 Å². The quantitative estimate of drug-likeness (QED) is 0.479. The van der Waals surface area contributed by atoms with Crippen LogP contribution in [-0.4, -0.2) is 60.5 Å². The summed E-state index contributed by atoms with van der Waals surface area (Å²) >= 11 is 0. The monoisotopic (exact) mass is 338 g/mol. The second kappa shape index (κ2) is 10.7. The van der Waals surface area contributed by atoms with Crippen LogP contribution >= 0.6 is 0 Å². The summed E-state index contributed by atoms with van der Waals surface area (Å²) in [7, 11) is 0. The minimum atomic E-state index is -0.181. The largest absolute Gasteiger partial charge is 0.459 e. The van der Waals surface area contributed by atoms with Gasteiger partial charge in [-0.3, -0.25) is 14.5 Å². The number of likely N-dealkylation sites (tertiary alicyclic amines) is 2. The Morgan fingerprint density at radius 3 is 2.42 bits per heavy atom. The van der Waals surface area contributed by atoms with E-state index in [1.54, 1.807) is 0 Å². The van der Waals surface area contributed by atoms with Gasteiger partial charge in [0.25, 0.3) is 0 Å². The van der Waals surface area contributed by atoms with Gasteiger partial charge in [-0.2, -0.15) is 0 Å². The van der Waals surface area contributed by atoms with E-state index in [2.05, 4.69) is 11.8 Å². The summed E-state index contributed by atoms with van der Waals surface area (Å²) in [6.45, 7) is 6.43. The molecule has 5 heteroatoms. The van der Waals surface area contributed by atoms with Crippen molar-refractivity contribution in [2.75, 3.05) is 32.7 Å². The average Bonchev–Trinajstić information content (AvgIpc) is 2.80. The minimum Gasteiger partial charge on any atom is -0.459 e. The SMILES string of the molecule is CCCCCC(=O)O[C@H](CN1CCCCCC1)CN1CCCC1=O. The van der Waals surface area contributed by atoms with E-state index >= 15 is 0 Å². The van der Waals surface area contributed by atoms with Gasteiger partial charge in [-0.05, 0) is 38.8 Å². The molecule has 2 heterocycles. The highest BCUT2D eigenvalue weighted by Gasteiger charge is 2.27. The predicted octanol–water partition coefficient (Wildman–Crippen LogP) is 2.98. The Balaban J connectivity index is 1.86. The number of carbonyl (C=O) groups excluding carboxylic acids is 2. The molecular formula is C19H34N2O3. The van der Waals surface area contributed by atoms with E-state index in [1.165, 1.54) is 25.7 Å². The Morgan fingerprint density at radius 1 is 1.04 bits per heavy atom. The molecule has 0 aromatic rings. The van der Waals surface area contributed by atoms with Gasteiger partial charge in [-0.15, -0.1) is 0 Å². The van der Waals surface area contributed by atoms with Crippen LogP contribution in [0, 0.1) is 0 Å². The summed E-state index contributed by atoms with van der Waals surface area (Å²) in [5, 5.41) is 0. The summed E-state index contributed by atoms with van der Waals surface area (Å²) in [6, 6.07) is 0. The van der Waals surface area contributed by atoms with Crippen LogP contribution in [0.25, 0.3) is 0 Å². The second-order valence-corrected chi connectivity index (χ2v) is 7.23. The minimum absolute atomic E-state index is 0.102. The molecule has 0 saturated carbocycles. The van der Waals surface area contributed by atoms with Gasteiger partial charge in [0.15, 0.2) is 0 Å². The van der Waals surface area contributed by atoms with Crippen molar-refractivity contribution in [1.82, 2.24) is 9.80 Å². The van der Waals surface area contributed by atoms with Crippen molar-refractivity contribution in [3.05, 3.63) is 0 Å². The first-order chi connectivity index (χ1) is 11.7. The van der Waals surface area contributed by atoms with Gasteiger partial charge in [-0.1, -0.05) is 32.6 Å². The van der Waals surface area contributed by atoms with Gasteiger partial charge in [0.1, 0.15) is 6.10 Å². The lowest BCUT2D eigenvalue weighted by atomic mass is 10.2. The number of nitrogens with zero attached hydrogens (tertiary/aromatic N) is 2. The van der Waals surface area contributed by atoms with E-state index in [0.717, 1.165) is 51.9 Å². The Morgan fingerprint density at radius 2 is 1.79 bits per heavy atom. The Kier molecular flexibility index (Phi) is 8.57. The lowest BCUT2D eigenvalue weighted by Crippen LogP contribution is -2.43. The molecule has 0 spiro atoms. The van der Waals surface area contributed by atoms with E-state index in [1.807, 2.05) is 4.90 Å². The number of hydrogen-bond donors (Lipinski definition) is 0. The molecular weight excluding hydrogens is 304 g/mol. The molecule has 0 aliphatic carbocycles. The van der Waals surface area contributed by atoms with Gasteiger partial charge in [-0.25, -0.2) is 0 Å². The number of amides is 1. The lowest BCUT2D eigenvalue weighted by molar-refractivity contribution is -0.152. The topological polar surface area (TPSA) is 49.9 Å². The molecule has 138 valence electrons. The molecule has 0 aromatic carbocycles. The van der Waals surface area contributed by atoms with Crippen molar-refractivity contribution in [2.45, 2.75) is 77.2 Å². The molecule has 24 heavy (non-hydrogen) atoms. The van der Waals surface area contributed by atoms with E-state index in [-0.39, 0.29) is 18.0 Å². The molecule has 2 saturated heterocycles. The molecule has 2 aliphatic heterocycles. The normalized spacial score (nSPS) is 20.9. The van der Waals surface area contributed by atoms with Crippen molar-refractivity contribution in [3.8, 4) is 0 Å². The van der Waals surface area contributed by atoms with Crippen molar-refractivity contribution in [2.24, 2.45) is 0 Å². The van der Waals surface area contributed by atoms with Crippen LogP contribution in [-0.2, 0) is 14.3 Å². The summed E-state index contributed by atoms with van der Waals surface area (Å²) in [5.74, 6) is 0.104. The van der Waals surface area contributed by atoms with Gasteiger partial charge in [0.2, 0.25) is 5.91 Å². The molecule has 0 unspecified atom stereocenters. The van der Waals surface area contributed by atoms with E-state index in [0.29, 0.717) is 19.4 Å². The summed E-state index contributed by atoms with van der Waals surface area (Å²) in [5.41, 5.74) is 0. The third-order valence-electron chi connectivity index (χ3n) is 5.04. The predicted molar refractivity (Wildman–Crippen MR) is 94.7 cm³/mol. The molecule has 2 aliphatic rings. The van der Waals surface area contributed by atoms with E-state index < -0.39 is 0 Å². The van der Waals surface area contributed by atoms with Crippen LogP contribution in [0.5, 0.6) is 0 Å². The molecule has 2 rings (SSSR count). The van der Waals surface area contributed by atoms with Crippen molar-refractivity contribution in [3.63, 3.8) is 0 Å². The van der Waals surface area contributed by atoms with E-state index in [9.17, 15) is 9.59 Å². The lowest BCUT2D eigenvalue weighted by Gasteiger charge is -2.29. The molecule has 0 N–H and O–H groups in total. The standard InChI is InChI=1S/C19H34N2O3/c1-2-3-6-11-19(23)24-17(16-21-14-9-10-18(21)22)15-20-12-7-4-5-8-13-20/h17H,2-16H2,1H3/t17-/m1/s1. The summed E-state index contributed by atoms with van der Waals surface area (Å²) in [4.78, 5) is 28.4. The van der Waals surface area contributed by atoms with Crippen LogP contribution in [0.4, 0.5) is 0 Å². The van der Waals surface area contributed by atoms with Gasteiger partial charge in [0.05, 0.1) is 6.54 Å². The second-order valence-electron chi connectivity index (χ2n) is 7.23. The number of carbonyl (C=O) groups is 2. The first kappa shape index (κ1) is 19.2. The number of esters is 1. The molecule has 5 nitrogen and oxygen atoms in total. The number of unbranched alkanes of at least 4 members (excludes halogenated alkanes) is 2. The maximum absolute atomic E-state index is 12.1. The molecule has 0 radical (unpaired) electrons. The maximum atomic E-state index is 12.1. The summed E-state index contributed by atoms with van der Waals surface area (Å²) in [6.07, 6.45) is 9.99. The van der Waals surface area contributed by atoms with Crippen molar-refractivity contribution in [1.29, 1.82) is 0 Å². The van der Waals surface area contributed by atoms with Gasteiger partial charge >= 0.3 is 5.97 Å². The number of hydrogen-bond acceptors (Lipinski definition) is 4. The zero-order valence-electron chi connectivity index (χ0n) is 15.3. The Bertz CT molecular complexity index is 392. The third kappa shape index (κ3) is 6.80. The average molecular weight is 338 g/mol. The van der Waals surface area contributed by atoms with Crippen LogP contribution in [0.3, 0.4) is 0 Å². The van der Waals surface area contributed by atoms with Crippen LogP contribution < -0.4 is 0 Å². The van der Waals surface area contributed by atoms with Crippen LogP contribution in [0.2, 0.25) is 0 Å². The Hall–Kier alpha value is -1.10. The molecule has 0 bridgehead atoms. The highest BCUT2D eigenvalue weighted by Crippen LogP contribution is 2.15. The fourth-order valence-corrected chi connectivity index (χ4v) is 3.65. The first-order valence-electron chi connectivity index (χ1n) is 9.88. The first-order valence-corrected chi connectivity index (χ1v) is 9.88. The summed E-state index contributed by atoms with van der Waals surface area (Å²) < 4.78 is 5.78. The highest BCUT2D eigenvalue weighted by atomic mass is 16.5. The highest BCUT2D eigenvalue weighted by molar-refractivity contribution is 5.78. The van der Waals surface area contributed by atoms with Crippen molar-refractivity contribution >= 4 is 11.9 Å². The number of ether oxygens (including phenoxy) is 1. The van der Waals surface area contributed by atoms with Crippen LogP contribution in [0.15, 0.2) is 0 Å². The smallest absolute Gasteiger partial charge is 0.306 e. The van der Waals surface area contributed by atoms with Gasteiger partial charge in [0, 0.05) is 25.9 Å². The maximum Gasteiger partial charge on any atom is 0.306 e. The molecule has 2 fully saturated rings. The third-order valence-corrected chi connectivity index (χ3v) is 5.04. The molecule has 1 amide bonds. The Labute approximate surface area is 146 Å².